The normalized spacial score (nSPS) is 20.9. The van der Waals surface area contributed by atoms with Gasteiger partial charge in [0.25, 0.3) is 0 Å². The molecular formula is C13H23NO2. The van der Waals surface area contributed by atoms with E-state index in [-0.39, 0.29) is 17.7 Å². The number of amides is 2. The Morgan fingerprint density at radius 1 is 1.12 bits per heavy atom. The van der Waals surface area contributed by atoms with Crippen LogP contribution in [0.2, 0.25) is 0 Å². The van der Waals surface area contributed by atoms with Crippen molar-refractivity contribution in [2.24, 2.45) is 5.92 Å². The maximum absolute atomic E-state index is 11.4. The van der Waals surface area contributed by atoms with Crippen molar-refractivity contribution < 1.29 is 9.59 Å². The van der Waals surface area contributed by atoms with Gasteiger partial charge in [0.05, 0.1) is 0 Å². The lowest BCUT2D eigenvalue weighted by atomic mass is 9.92. The highest BCUT2D eigenvalue weighted by Gasteiger charge is 2.25. The SMILES string of the molecule is CCCCCCCC[C@H]1CCC(=O)NC1=O. The van der Waals surface area contributed by atoms with Gasteiger partial charge in [0.15, 0.2) is 0 Å². The van der Waals surface area contributed by atoms with Gasteiger partial charge in [0, 0.05) is 12.3 Å². The van der Waals surface area contributed by atoms with E-state index in [1.807, 2.05) is 0 Å². The quantitative estimate of drug-likeness (QED) is 0.535. The Kier molecular flexibility index (Phi) is 6.12. The highest BCUT2D eigenvalue weighted by molar-refractivity contribution is 5.98. The van der Waals surface area contributed by atoms with Crippen molar-refractivity contribution in [1.29, 1.82) is 0 Å². The van der Waals surface area contributed by atoms with Gasteiger partial charge in [-0.3, -0.25) is 14.9 Å². The highest BCUT2D eigenvalue weighted by atomic mass is 16.2. The zero-order chi connectivity index (χ0) is 11.8. The monoisotopic (exact) mass is 225 g/mol. The summed E-state index contributed by atoms with van der Waals surface area (Å²) in [5.41, 5.74) is 0. The van der Waals surface area contributed by atoms with Crippen LogP contribution >= 0.6 is 0 Å². The van der Waals surface area contributed by atoms with E-state index < -0.39 is 0 Å². The summed E-state index contributed by atoms with van der Waals surface area (Å²) in [5.74, 6) is -0.0714. The molecule has 92 valence electrons. The number of unbranched alkanes of at least 4 members (excludes halogenated alkanes) is 5. The molecule has 3 heteroatoms. The van der Waals surface area contributed by atoms with E-state index in [0.717, 1.165) is 19.3 Å². The molecule has 0 aromatic heterocycles. The molecule has 0 unspecified atom stereocenters. The summed E-state index contributed by atoms with van der Waals surface area (Å²) < 4.78 is 0. The van der Waals surface area contributed by atoms with E-state index in [1.54, 1.807) is 0 Å². The molecule has 1 fully saturated rings. The van der Waals surface area contributed by atoms with Gasteiger partial charge < -0.3 is 0 Å². The molecule has 0 saturated carbocycles. The average Bonchev–Trinajstić information content (AvgIpc) is 2.26. The minimum absolute atomic E-state index is 0.0511. The van der Waals surface area contributed by atoms with E-state index in [9.17, 15) is 9.59 Å². The highest BCUT2D eigenvalue weighted by Crippen LogP contribution is 2.19. The van der Waals surface area contributed by atoms with Gasteiger partial charge >= 0.3 is 0 Å². The maximum atomic E-state index is 11.4. The standard InChI is InChI=1S/C13H23NO2/c1-2-3-4-5-6-7-8-11-9-10-12(15)14-13(11)16/h11H,2-10H2,1H3,(H,14,15,16)/t11-/m0/s1. The minimum Gasteiger partial charge on any atom is -0.296 e. The van der Waals surface area contributed by atoms with Gasteiger partial charge in [-0.2, -0.15) is 0 Å². The van der Waals surface area contributed by atoms with Crippen molar-refractivity contribution in [2.45, 2.75) is 64.7 Å². The zero-order valence-electron chi connectivity index (χ0n) is 10.3. The van der Waals surface area contributed by atoms with Crippen molar-refractivity contribution in [3.05, 3.63) is 0 Å². The molecule has 1 N–H and O–H groups in total. The van der Waals surface area contributed by atoms with Crippen molar-refractivity contribution >= 4 is 11.8 Å². The van der Waals surface area contributed by atoms with E-state index in [2.05, 4.69) is 12.2 Å². The van der Waals surface area contributed by atoms with Crippen molar-refractivity contribution in [2.75, 3.05) is 0 Å². The number of hydrogen-bond acceptors (Lipinski definition) is 2. The molecule has 0 spiro atoms. The van der Waals surface area contributed by atoms with Gasteiger partial charge in [-0.05, 0) is 12.8 Å². The molecule has 1 aliphatic rings. The zero-order valence-corrected chi connectivity index (χ0v) is 10.3. The second-order valence-electron chi connectivity index (χ2n) is 4.70. The summed E-state index contributed by atoms with van der Waals surface area (Å²) in [4.78, 5) is 22.4. The number of carbonyl (C=O) groups is 2. The third-order valence-electron chi connectivity index (χ3n) is 3.26. The van der Waals surface area contributed by atoms with Gasteiger partial charge in [0.1, 0.15) is 0 Å². The first-order valence-electron chi connectivity index (χ1n) is 6.57. The van der Waals surface area contributed by atoms with Crippen LogP contribution in [0, 0.1) is 5.92 Å². The van der Waals surface area contributed by atoms with Crippen LogP contribution in [0.5, 0.6) is 0 Å². The van der Waals surface area contributed by atoms with Crippen LogP contribution in [0.25, 0.3) is 0 Å². The summed E-state index contributed by atoms with van der Waals surface area (Å²) in [6.45, 7) is 2.21. The molecule has 1 atom stereocenters. The molecule has 1 aliphatic heterocycles. The molecule has 1 saturated heterocycles. The average molecular weight is 225 g/mol. The first-order valence-corrected chi connectivity index (χ1v) is 6.57. The van der Waals surface area contributed by atoms with Gasteiger partial charge in [-0.25, -0.2) is 0 Å². The maximum Gasteiger partial charge on any atom is 0.229 e. The van der Waals surface area contributed by atoms with E-state index in [0.29, 0.717) is 6.42 Å². The summed E-state index contributed by atoms with van der Waals surface area (Å²) in [6, 6.07) is 0. The molecule has 0 aromatic rings. The molecule has 0 aliphatic carbocycles. The Balaban J connectivity index is 2.04. The first kappa shape index (κ1) is 13.2. The fraction of sp³-hybridized carbons (Fsp3) is 0.846. The molecule has 1 heterocycles. The Labute approximate surface area is 98.0 Å². The molecule has 3 nitrogen and oxygen atoms in total. The number of carbonyl (C=O) groups excluding carboxylic acids is 2. The topological polar surface area (TPSA) is 46.2 Å². The van der Waals surface area contributed by atoms with Crippen LogP contribution in [0.1, 0.15) is 64.7 Å². The Morgan fingerprint density at radius 2 is 1.81 bits per heavy atom. The third-order valence-corrected chi connectivity index (χ3v) is 3.26. The van der Waals surface area contributed by atoms with Gasteiger partial charge in [-0.1, -0.05) is 45.4 Å². The van der Waals surface area contributed by atoms with E-state index in [4.69, 9.17) is 0 Å². The number of rotatable bonds is 7. The van der Waals surface area contributed by atoms with Crippen LogP contribution in [-0.2, 0) is 9.59 Å². The van der Waals surface area contributed by atoms with Crippen molar-refractivity contribution in [1.82, 2.24) is 5.32 Å². The lowest BCUT2D eigenvalue weighted by Gasteiger charge is -2.20. The second-order valence-corrected chi connectivity index (χ2v) is 4.70. The van der Waals surface area contributed by atoms with Crippen LogP contribution in [0.4, 0.5) is 0 Å². The number of piperidine rings is 1. The largest absolute Gasteiger partial charge is 0.296 e. The summed E-state index contributed by atoms with van der Waals surface area (Å²) >= 11 is 0. The molecule has 0 aromatic carbocycles. The van der Waals surface area contributed by atoms with Crippen LogP contribution < -0.4 is 5.32 Å². The van der Waals surface area contributed by atoms with Gasteiger partial charge in [0.2, 0.25) is 11.8 Å². The lowest BCUT2D eigenvalue weighted by Crippen LogP contribution is -2.40. The molecule has 0 bridgehead atoms. The summed E-state index contributed by atoms with van der Waals surface area (Å²) in [6.07, 6.45) is 9.74. The van der Waals surface area contributed by atoms with Crippen LogP contribution in [0.15, 0.2) is 0 Å². The van der Waals surface area contributed by atoms with Gasteiger partial charge in [-0.15, -0.1) is 0 Å². The minimum atomic E-state index is -0.107. The predicted molar refractivity (Wildman–Crippen MR) is 63.9 cm³/mol. The predicted octanol–water partition coefficient (Wildman–Crippen LogP) is 2.79. The Bertz CT molecular complexity index is 238. The number of imide groups is 1. The molecule has 2 amide bonds. The smallest absolute Gasteiger partial charge is 0.229 e. The summed E-state index contributed by atoms with van der Waals surface area (Å²) in [7, 11) is 0. The molecule has 16 heavy (non-hydrogen) atoms. The van der Waals surface area contributed by atoms with Crippen molar-refractivity contribution in [3.8, 4) is 0 Å². The van der Waals surface area contributed by atoms with Crippen LogP contribution in [0.3, 0.4) is 0 Å². The first-order chi connectivity index (χ1) is 7.74. The third kappa shape index (κ3) is 4.77. The molecular weight excluding hydrogens is 202 g/mol. The Morgan fingerprint density at radius 3 is 2.50 bits per heavy atom. The lowest BCUT2D eigenvalue weighted by molar-refractivity contribution is -0.136. The van der Waals surface area contributed by atoms with E-state index in [1.165, 1.54) is 32.1 Å². The second kappa shape index (κ2) is 7.42. The number of hydrogen-bond donors (Lipinski definition) is 1. The van der Waals surface area contributed by atoms with Crippen LogP contribution in [-0.4, -0.2) is 11.8 Å². The number of nitrogens with one attached hydrogen (secondary N) is 1. The Hall–Kier alpha value is -0.860. The fourth-order valence-corrected chi connectivity index (χ4v) is 2.18. The molecule has 1 rings (SSSR count). The van der Waals surface area contributed by atoms with E-state index >= 15 is 0 Å². The fourth-order valence-electron chi connectivity index (χ4n) is 2.18. The van der Waals surface area contributed by atoms with Crippen molar-refractivity contribution in [3.63, 3.8) is 0 Å². The summed E-state index contributed by atoms with van der Waals surface area (Å²) in [5, 5.41) is 2.41. The molecule has 0 radical (unpaired) electrons.